The van der Waals surface area contributed by atoms with Crippen LogP contribution in [0.3, 0.4) is 0 Å². The van der Waals surface area contributed by atoms with Crippen LogP contribution in [0.1, 0.15) is 11.1 Å². The number of para-hydroxylation sites is 1. The van der Waals surface area contributed by atoms with Gasteiger partial charge in [-0.2, -0.15) is 0 Å². The molecule has 1 heterocycles. The van der Waals surface area contributed by atoms with Crippen molar-refractivity contribution in [2.45, 2.75) is 13.1 Å². The van der Waals surface area contributed by atoms with Crippen LogP contribution in [-0.2, 0) is 13.1 Å². The molecular weight excluding hydrogens is 266 g/mol. The average molecular weight is 283 g/mol. The van der Waals surface area contributed by atoms with E-state index in [2.05, 4.69) is 59.4 Å². The van der Waals surface area contributed by atoms with E-state index in [1.54, 1.807) is 11.3 Å². The Bertz CT molecular complexity index is 687. The predicted octanol–water partition coefficient (Wildman–Crippen LogP) is 3.39. The molecule has 3 rings (SSSR count). The summed E-state index contributed by atoms with van der Waals surface area (Å²) in [4.78, 5) is 6.85. The Morgan fingerprint density at radius 2 is 1.90 bits per heavy atom. The maximum atomic E-state index is 5.69. The van der Waals surface area contributed by atoms with Gasteiger partial charge in [0.15, 0.2) is 5.13 Å². The first-order chi connectivity index (χ1) is 9.76. The number of thiazole rings is 1. The first-order valence-corrected chi connectivity index (χ1v) is 7.42. The Kier molecular flexibility index (Phi) is 3.67. The molecule has 3 nitrogen and oxygen atoms in total. The molecule has 2 aromatic carbocycles. The highest BCUT2D eigenvalue weighted by molar-refractivity contribution is 7.22. The second-order valence-electron chi connectivity index (χ2n) is 4.84. The largest absolute Gasteiger partial charge is 0.347 e. The SMILES string of the molecule is CN(Cc1cccc(CN)c1)c1nc2ccccc2s1. The molecule has 0 spiro atoms. The minimum absolute atomic E-state index is 0.582. The summed E-state index contributed by atoms with van der Waals surface area (Å²) in [5.74, 6) is 0. The molecule has 20 heavy (non-hydrogen) atoms. The van der Waals surface area contributed by atoms with E-state index >= 15 is 0 Å². The van der Waals surface area contributed by atoms with Crippen molar-refractivity contribution < 1.29 is 0 Å². The molecule has 0 aliphatic carbocycles. The Morgan fingerprint density at radius 3 is 2.70 bits per heavy atom. The highest BCUT2D eigenvalue weighted by Gasteiger charge is 2.08. The summed E-state index contributed by atoms with van der Waals surface area (Å²) in [5.41, 5.74) is 9.18. The second-order valence-corrected chi connectivity index (χ2v) is 5.85. The van der Waals surface area contributed by atoms with Gasteiger partial charge in [0, 0.05) is 20.1 Å². The lowest BCUT2D eigenvalue weighted by atomic mass is 10.1. The fourth-order valence-electron chi connectivity index (χ4n) is 2.22. The quantitative estimate of drug-likeness (QED) is 0.798. The van der Waals surface area contributed by atoms with Gasteiger partial charge in [0.25, 0.3) is 0 Å². The number of nitrogens with zero attached hydrogens (tertiary/aromatic N) is 2. The molecule has 0 aliphatic heterocycles. The number of hydrogen-bond donors (Lipinski definition) is 1. The zero-order valence-corrected chi connectivity index (χ0v) is 12.2. The van der Waals surface area contributed by atoms with Crippen LogP contribution in [0.25, 0.3) is 10.2 Å². The van der Waals surface area contributed by atoms with Gasteiger partial charge in [-0.3, -0.25) is 0 Å². The van der Waals surface area contributed by atoms with Gasteiger partial charge in [-0.05, 0) is 23.3 Å². The van der Waals surface area contributed by atoms with E-state index in [9.17, 15) is 0 Å². The van der Waals surface area contributed by atoms with Gasteiger partial charge in [0.2, 0.25) is 0 Å². The van der Waals surface area contributed by atoms with Gasteiger partial charge < -0.3 is 10.6 Å². The van der Waals surface area contributed by atoms with Gasteiger partial charge in [0.05, 0.1) is 10.2 Å². The van der Waals surface area contributed by atoms with Crippen molar-refractivity contribution >= 4 is 26.7 Å². The Labute approximate surface area is 122 Å². The molecule has 0 amide bonds. The monoisotopic (exact) mass is 283 g/mol. The molecule has 3 aromatic rings. The minimum atomic E-state index is 0.582. The molecule has 0 unspecified atom stereocenters. The smallest absolute Gasteiger partial charge is 0.186 e. The third-order valence-corrected chi connectivity index (χ3v) is 4.41. The summed E-state index contributed by atoms with van der Waals surface area (Å²) >= 11 is 1.72. The van der Waals surface area contributed by atoms with Gasteiger partial charge >= 0.3 is 0 Å². The molecule has 0 aliphatic rings. The molecule has 4 heteroatoms. The number of hydrogen-bond acceptors (Lipinski definition) is 4. The average Bonchev–Trinajstić information content (AvgIpc) is 2.91. The standard InChI is InChI=1S/C16H17N3S/c1-19(11-13-6-4-5-12(9-13)10-17)16-18-14-7-2-3-8-15(14)20-16/h2-9H,10-11,17H2,1H3. The molecule has 0 saturated carbocycles. The molecule has 102 valence electrons. The van der Waals surface area contributed by atoms with Crippen molar-refractivity contribution in [3.8, 4) is 0 Å². The van der Waals surface area contributed by atoms with Crippen LogP contribution in [0.15, 0.2) is 48.5 Å². The van der Waals surface area contributed by atoms with E-state index in [1.165, 1.54) is 15.8 Å². The number of benzene rings is 2. The van der Waals surface area contributed by atoms with Crippen molar-refractivity contribution in [2.75, 3.05) is 11.9 Å². The van der Waals surface area contributed by atoms with Crippen LogP contribution in [0.5, 0.6) is 0 Å². The van der Waals surface area contributed by atoms with Gasteiger partial charge in [-0.25, -0.2) is 4.98 Å². The van der Waals surface area contributed by atoms with E-state index in [1.807, 2.05) is 6.07 Å². The molecule has 1 aromatic heterocycles. The van der Waals surface area contributed by atoms with E-state index in [0.29, 0.717) is 6.54 Å². The highest BCUT2D eigenvalue weighted by Crippen LogP contribution is 2.28. The number of nitrogens with two attached hydrogens (primary N) is 1. The zero-order valence-electron chi connectivity index (χ0n) is 11.4. The predicted molar refractivity (Wildman–Crippen MR) is 86.1 cm³/mol. The zero-order chi connectivity index (χ0) is 13.9. The normalized spacial score (nSPS) is 10.9. The summed E-state index contributed by atoms with van der Waals surface area (Å²) in [5, 5.41) is 1.05. The molecule has 0 saturated heterocycles. The topological polar surface area (TPSA) is 42.1 Å². The molecule has 0 bridgehead atoms. The van der Waals surface area contributed by atoms with Crippen LogP contribution < -0.4 is 10.6 Å². The maximum Gasteiger partial charge on any atom is 0.186 e. The van der Waals surface area contributed by atoms with Gasteiger partial charge in [-0.15, -0.1) is 0 Å². The van der Waals surface area contributed by atoms with Gasteiger partial charge in [0.1, 0.15) is 0 Å². The number of rotatable bonds is 4. The molecule has 0 atom stereocenters. The lowest BCUT2D eigenvalue weighted by Gasteiger charge is -2.16. The molecule has 0 fully saturated rings. The van der Waals surface area contributed by atoms with Crippen molar-refractivity contribution in [2.24, 2.45) is 5.73 Å². The first kappa shape index (κ1) is 13.1. The van der Waals surface area contributed by atoms with Crippen molar-refractivity contribution in [1.82, 2.24) is 4.98 Å². The summed E-state index contributed by atoms with van der Waals surface area (Å²) in [6.07, 6.45) is 0. The third kappa shape index (κ3) is 2.66. The van der Waals surface area contributed by atoms with Crippen LogP contribution in [0.2, 0.25) is 0 Å². The van der Waals surface area contributed by atoms with Crippen molar-refractivity contribution in [3.63, 3.8) is 0 Å². The number of fused-ring (bicyclic) bond motifs is 1. The van der Waals surface area contributed by atoms with Crippen LogP contribution >= 0.6 is 11.3 Å². The molecular formula is C16H17N3S. The van der Waals surface area contributed by atoms with Gasteiger partial charge in [-0.1, -0.05) is 47.7 Å². The number of aromatic nitrogens is 1. The molecule has 2 N–H and O–H groups in total. The highest BCUT2D eigenvalue weighted by atomic mass is 32.1. The van der Waals surface area contributed by atoms with E-state index in [-0.39, 0.29) is 0 Å². The second kappa shape index (κ2) is 5.61. The maximum absolute atomic E-state index is 5.69. The summed E-state index contributed by atoms with van der Waals surface area (Å²) in [6.45, 7) is 1.42. The lowest BCUT2D eigenvalue weighted by Crippen LogP contribution is -2.16. The van der Waals surface area contributed by atoms with Crippen LogP contribution in [0, 0.1) is 0 Å². The summed E-state index contributed by atoms with van der Waals surface area (Å²) in [7, 11) is 2.08. The summed E-state index contributed by atoms with van der Waals surface area (Å²) in [6, 6.07) is 16.6. The van der Waals surface area contributed by atoms with E-state index < -0.39 is 0 Å². The van der Waals surface area contributed by atoms with Crippen molar-refractivity contribution in [3.05, 3.63) is 59.7 Å². The fraction of sp³-hybridized carbons (Fsp3) is 0.188. The Morgan fingerprint density at radius 1 is 1.10 bits per heavy atom. The minimum Gasteiger partial charge on any atom is -0.347 e. The summed E-state index contributed by atoms with van der Waals surface area (Å²) < 4.78 is 1.23. The lowest BCUT2D eigenvalue weighted by molar-refractivity contribution is 0.911. The molecule has 0 radical (unpaired) electrons. The van der Waals surface area contributed by atoms with Crippen molar-refractivity contribution in [1.29, 1.82) is 0 Å². The van der Waals surface area contributed by atoms with Crippen LogP contribution in [-0.4, -0.2) is 12.0 Å². The number of anilines is 1. The Hall–Kier alpha value is -1.91. The van der Waals surface area contributed by atoms with E-state index in [0.717, 1.165) is 17.2 Å². The first-order valence-electron chi connectivity index (χ1n) is 6.61. The van der Waals surface area contributed by atoms with E-state index in [4.69, 9.17) is 5.73 Å². The fourth-order valence-corrected chi connectivity index (χ4v) is 3.15. The van der Waals surface area contributed by atoms with Crippen LogP contribution in [0.4, 0.5) is 5.13 Å². The third-order valence-electron chi connectivity index (χ3n) is 3.26. The Balaban J connectivity index is 1.82.